The first-order chi connectivity index (χ1) is 14.1. The molecule has 0 bridgehead atoms. The quantitative estimate of drug-likeness (QED) is 0.441. The van der Waals surface area contributed by atoms with Crippen LogP contribution in [0.4, 0.5) is 5.69 Å². The molecule has 1 unspecified atom stereocenters. The SMILES string of the molecule is CCOc1ccccc1NC(=O)C(CC)Sc1nc2ccccc2c(=O)n1CC. The molecule has 0 radical (unpaired) electrons. The van der Waals surface area contributed by atoms with Crippen LogP contribution in [0.25, 0.3) is 10.9 Å². The number of rotatable bonds is 8. The summed E-state index contributed by atoms with van der Waals surface area (Å²) in [5.74, 6) is 0.493. The van der Waals surface area contributed by atoms with E-state index in [2.05, 4.69) is 10.3 Å². The zero-order chi connectivity index (χ0) is 20.8. The monoisotopic (exact) mass is 411 g/mol. The van der Waals surface area contributed by atoms with Crippen molar-refractivity contribution in [1.29, 1.82) is 0 Å². The Kier molecular flexibility index (Phi) is 6.93. The van der Waals surface area contributed by atoms with Gasteiger partial charge in [-0.25, -0.2) is 4.98 Å². The van der Waals surface area contributed by atoms with E-state index in [1.54, 1.807) is 10.6 Å². The van der Waals surface area contributed by atoms with E-state index in [-0.39, 0.29) is 11.5 Å². The second kappa shape index (κ2) is 9.60. The number of ether oxygens (including phenoxy) is 1. The molecule has 6 nitrogen and oxygen atoms in total. The Bertz CT molecular complexity index is 1060. The molecule has 1 aromatic heterocycles. The summed E-state index contributed by atoms with van der Waals surface area (Å²) in [6, 6.07) is 14.6. The molecular formula is C22H25N3O3S. The summed E-state index contributed by atoms with van der Waals surface area (Å²) in [5.41, 5.74) is 1.19. The second-order valence-corrected chi connectivity index (χ2v) is 7.56. The number of nitrogens with one attached hydrogen (secondary N) is 1. The van der Waals surface area contributed by atoms with Crippen LogP contribution in [-0.4, -0.2) is 27.3 Å². The smallest absolute Gasteiger partial charge is 0.262 e. The van der Waals surface area contributed by atoms with Gasteiger partial charge in [-0.1, -0.05) is 43.0 Å². The van der Waals surface area contributed by atoms with Gasteiger partial charge in [0, 0.05) is 6.54 Å². The molecule has 3 rings (SSSR count). The fraction of sp³-hybridized carbons (Fsp3) is 0.318. The summed E-state index contributed by atoms with van der Waals surface area (Å²) in [4.78, 5) is 30.4. The van der Waals surface area contributed by atoms with Gasteiger partial charge in [-0.3, -0.25) is 14.2 Å². The molecule has 0 fully saturated rings. The highest BCUT2D eigenvalue weighted by Gasteiger charge is 2.22. The van der Waals surface area contributed by atoms with Crippen LogP contribution in [0.5, 0.6) is 5.75 Å². The Morgan fingerprint density at radius 3 is 2.59 bits per heavy atom. The molecule has 152 valence electrons. The molecule has 0 spiro atoms. The summed E-state index contributed by atoms with van der Waals surface area (Å²) in [5, 5.41) is 3.70. The summed E-state index contributed by atoms with van der Waals surface area (Å²) < 4.78 is 7.21. The lowest BCUT2D eigenvalue weighted by Gasteiger charge is -2.18. The molecule has 2 aromatic carbocycles. The molecule has 0 aliphatic carbocycles. The van der Waals surface area contributed by atoms with Gasteiger partial charge in [-0.2, -0.15) is 0 Å². The molecule has 3 aromatic rings. The maximum absolute atomic E-state index is 13.0. The summed E-state index contributed by atoms with van der Waals surface area (Å²) in [7, 11) is 0. The third kappa shape index (κ3) is 4.62. The van der Waals surface area contributed by atoms with E-state index in [1.165, 1.54) is 11.8 Å². The fourth-order valence-corrected chi connectivity index (χ4v) is 4.11. The number of hydrogen-bond donors (Lipinski definition) is 1. The van der Waals surface area contributed by atoms with E-state index in [1.807, 2.05) is 63.2 Å². The van der Waals surface area contributed by atoms with Crippen LogP contribution in [0.15, 0.2) is 58.5 Å². The lowest BCUT2D eigenvalue weighted by atomic mass is 10.2. The minimum Gasteiger partial charge on any atom is -0.492 e. The van der Waals surface area contributed by atoms with Crippen LogP contribution in [-0.2, 0) is 11.3 Å². The van der Waals surface area contributed by atoms with E-state index in [0.717, 1.165) is 0 Å². The molecule has 0 aliphatic rings. The largest absolute Gasteiger partial charge is 0.492 e. The first-order valence-corrected chi connectivity index (χ1v) is 10.7. The van der Waals surface area contributed by atoms with Crippen LogP contribution >= 0.6 is 11.8 Å². The number of carbonyl (C=O) groups is 1. The number of hydrogen-bond acceptors (Lipinski definition) is 5. The lowest BCUT2D eigenvalue weighted by Crippen LogP contribution is -2.28. The van der Waals surface area contributed by atoms with Gasteiger partial charge in [-0.05, 0) is 44.5 Å². The minimum atomic E-state index is -0.393. The van der Waals surface area contributed by atoms with Gasteiger partial charge in [0.05, 0.1) is 28.4 Å². The van der Waals surface area contributed by atoms with Crippen LogP contribution in [0.3, 0.4) is 0 Å². The highest BCUT2D eigenvalue weighted by molar-refractivity contribution is 8.00. The standard InChI is InChI=1S/C22H25N3O3S/c1-4-19(20(26)23-17-13-9-10-14-18(17)28-6-3)29-22-24-16-12-8-7-11-15(16)21(27)25(22)5-2/h7-14,19H,4-6H2,1-3H3,(H,23,26). The van der Waals surface area contributed by atoms with Crippen molar-refractivity contribution in [3.8, 4) is 5.75 Å². The van der Waals surface area contributed by atoms with Gasteiger partial charge in [0.15, 0.2) is 5.16 Å². The number of anilines is 1. The van der Waals surface area contributed by atoms with Crippen molar-refractivity contribution in [3.63, 3.8) is 0 Å². The molecule has 1 N–H and O–H groups in total. The Morgan fingerprint density at radius 2 is 1.86 bits per heavy atom. The summed E-state index contributed by atoms with van der Waals surface area (Å²) >= 11 is 1.31. The number of benzene rings is 2. The number of thioether (sulfide) groups is 1. The van der Waals surface area contributed by atoms with Crippen LogP contribution < -0.4 is 15.6 Å². The van der Waals surface area contributed by atoms with E-state index in [9.17, 15) is 9.59 Å². The highest BCUT2D eigenvalue weighted by atomic mass is 32.2. The zero-order valence-corrected chi connectivity index (χ0v) is 17.7. The predicted octanol–water partition coefficient (Wildman–Crippen LogP) is 4.32. The maximum Gasteiger partial charge on any atom is 0.262 e. The van der Waals surface area contributed by atoms with Crippen LogP contribution in [0.2, 0.25) is 0 Å². The van der Waals surface area contributed by atoms with Crippen molar-refractivity contribution < 1.29 is 9.53 Å². The molecule has 1 heterocycles. The minimum absolute atomic E-state index is 0.0856. The Hall–Kier alpha value is -2.80. The van der Waals surface area contributed by atoms with Gasteiger partial charge in [0.25, 0.3) is 5.56 Å². The van der Waals surface area contributed by atoms with Crippen molar-refractivity contribution in [2.45, 2.75) is 44.1 Å². The van der Waals surface area contributed by atoms with Gasteiger partial charge < -0.3 is 10.1 Å². The Balaban J connectivity index is 1.88. The van der Waals surface area contributed by atoms with Gasteiger partial charge in [0.1, 0.15) is 5.75 Å². The lowest BCUT2D eigenvalue weighted by molar-refractivity contribution is -0.115. The average molecular weight is 412 g/mol. The fourth-order valence-electron chi connectivity index (χ4n) is 3.03. The molecule has 0 saturated heterocycles. The number of nitrogens with zero attached hydrogens (tertiary/aromatic N) is 2. The van der Waals surface area contributed by atoms with Crippen molar-refractivity contribution in [2.75, 3.05) is 11.9 Å². The average Bonchev–Trinajstić information content (AvgIpc) is 2.73. The van der Waals surface area contributed by atoms with E-state index in [0.29, 0.717) is 47.1 Å². The molecule has 1 atom stereocenters. The highest BCUT2D eigenvalue weighted by Crippen LogP contribution is 2.28. The number of aromatic nitrogens is 2. The Morgan fingerprint density at radius 1 is 1.14 bits per heavy atom. The molecule has 7 heteroatoms. The third-order valence-corrected chi connectivity index (χ3v) is 5.85. The summed E-state index contributed by atoms with van der Waals surface area (Å²) in [6.07, 6.45) is 0.597. The Labute approximate surface area is 174 Å². The zero-order valence-electron chi connectivity index (χ0n) is 16.8. The molecule has 0 aliphatic heterocycles. The van der Waals surface area contributed by atoms with E-state index < -0.39 is 5.25 Å². The molecule has 1 amide bonds. The number of para-hydroxylation sites is 3. The van der Waals surface area contributed by atoms with Crippen LogP contribution in [0, 0.1) is 0 Å². The molecule has 29 heavy (non-hydrogen) atoms. The van der Waals surface area contributed by atoms with E-state index >= 15 is 0 Å². The maximum atomic E-state index is 13.0. The first-order valence-electron chi connectivity index (χ1n) is 9.77. The van der Waals surface area contributed by atoms with E-state index in [4.69, 9.17) is 4.74 Å². The predicted molar refractivity (Wildman–Crippen MR) is 118 cm³/mol. The number of fused-ring (bicyclic) bond motifs is 1. The molecular weight excluding hydrogens is 386 g/mol. The van der Waals surface area contributed by atoms with Crippen molar-refractivity contribution in [2.24, 2.45) is 0 Å². The van der Waals surface area contributed by atoms with Crippen LogP contribution in [0.1, 0.15) is 27.2 Å². The third-order valence-electron chi connectivity index (χ3n) is 4.50. The first kappa shape index (κ1) is 20.9. The summed E-state index contributed by atoms with van der Waals surface area (Å²) in [6.45, 7) is 6.76. The van der Waals surface area contributed by atoms with Gasteiger partial charge >= 0.3 is 0 Å². The van der Waals surface area contributed by atoms with Crippen molar-refractivity contribution in [3.05, 3.63) is 58.9 Å². The number of amides is 1. The normalized spacial score (nSPS) is 12.0. The van der Waals surface area contributed by atoms with Gasteiger partial charge in [-0.15, -0.1) is 0 Å². The molecule has 0 saturated carbocycles. The second-order valence-electron chi connectivity index (χ2n) is 6.39. The van der Waals surface area contributed by atoms with Gasteiger partial charge in [0.2, 0.25) is 5.91 Å². The van der Waals surface area contributed by atoms with Crippen molar-refractivity contribution >= 4 is 34.3 Å². The number of carbonyl (C=O) groups excluding carboxylic acids is 1. The topological polar surface area (TPSA) is 73.2 Å². The van der Waals surface area contributed by atoms with Crippen molar-refractivity contribution in [1.82, 2.24) is 9.55 Å².